The molecular weight excluding hydrogens is 259 g/mol. The van der Waals surface area contributed by atoms with Crippen molar-refractivity contribution in [1.82, 2.24) is 14.7 Å². The van der Waals surface area contributed by atoms with Gasteiger partial charge in [0, 0.05) is 11.6 Å². The molecule has 2 aromatic heterocycles. The van der Waals surface area contributed by atoms with Gasteiger partial charge in [-0.1, -0.05) is 5.16 Å². The zero-order chi connectivity index (χ0) is 14.4. The molecule has 2 heterocycles. The maximum absolute atomic E-state index is 13.3. The predicted octanol–water partition coefficient (Wildman–Crippen LogP) is 2.97. The molecule has 0 aliphatic rings. The number of fused-ring (bicyclic) bond motifs is 1. The van der Waals surface area contributed by atoms with E-state index in [1.807, 2.05) is 25.3 Å². The first-order valence-corrected chi connectivity index (χ1v) is 6.34. The Balaban J connectivity index is 2.22. The molecule has 0 saturated heterocycles. The van der Waals surface area contributed by atoms with Crippen LogP contribution in [-0.4, -0.2) is 14.7 Å². The van der Waals surface area contributed by atoms with Crippen LogP contribution in [0.4, 0.5) is 10.3 Å². The highest BCUT2D eigenvalue weighted by Gasteiger charge is 2.22. The molecule has 104 valence electrons. The average Bonchev–Trinajstić information content (AvgIpc) is 2.88. The number of rotatable bonds is 2. The Morgan fingerprint density at radius 2 is 2.10 bits per heavy atom. The van der Waals surface area contributed by atoms with Gasteiger partial charge >= 0.3 is 0 Å². The van der Waals surface area contributed by atoms with E-state index in [0.29, 0.717) is 11.5 Å². The number of benzene rings is 1. The minimum atomic E-state index is -0.327. The first-order valence-electron chi connectivity index (χ1n) is 6.34. The van der Waals surface area contributed by atoms with E-state index >= 15 is 0 Å². The number of nitrogen functional groups attached to an aromatic ring is 1. The van der Waals surface area contributed by atoms with Gasteiger partial charge in [0.25, 0.3) is 0 Å². The number of nitrogens with two attached hydrogens (primary N) is 1. The topological polar surface area (TPSA) is 69.9 Å². The molecule has 0 saturated carbocycles. The van der Waals surface area contributed by atoms with Gasteiger partial charge in [-0.2, -0.15) is 0 Å². The van der Waals surface area contributed by atoms with Crippen LogP contribution in [0.25, 0.3) is 11.0 Å². The Kier molecular flexibility index (Phi) is 2.74. The maximum atomic E-state index is 13.3. The van der Waals surface area contributed by atoms with Crippen LogP contribution in [0.15, 0.2) is 22.7 Å². The predicted molar refractivity (Wildman–Crippen MR) is 73.9 cm³/mol. The van der Waals surface area contributed by atoms with Gasteiger partial charge in [0.2, 0.25) is 5.95 Å². The Hall–Kier alpha value is -2.37. The van der Waals surface area contributed by atoms with Crippen molar-refractivity contribution in [3.8, 4) is 0 Å². The molecule has 0 bridgehead atoms. The first kappa shape index (κ1) is 12.7. The summed E-state index contributed by atoms with van der Waals surface area (Å²) in [4.78, 5) is 4.21. The van der Waals surface area contributed by atoms with Gasteiger partial charge in [0.1, 0.15) is 11.6 Å². The van der Waals surface area contributed by atoms with Crippen molar-refractivity contribution in [1.29, 1.82) is 0 Å². The summed E-state index contributed by atoms with van der Waals surface area (Å²) in [6.07, 6.45) is 0. The van der Waals surface area contributed by atoms with Gasteiger partial charge in [0.15, 0.2) is 0 Å². The van der Waals surface area contributed by atoms with Gasteiger partial charge in [-0.3, -0.25) is 0 Å². The van der Waals surface area contributed by atoms with Crippen LogP contribution in [0, 0.1) is 19.7 Å². The smallest absolute Gasteiger partial charge is 0.201 e. The van der Waals surface area contributed by atoms with Crippen molar-refractivity contribution < 1.29 is 8.91 Å². The maximum Gasteiger partial charge on any atom is 0.201 e. The number of hydrogen-bond donors (Lipinski definition) is 1. The van der Waals surface area contributed by atoms with Gasteiger partial charge < -0.3 is 14.8 Å². The number of aromatic nitrogens is 3. The quantitative estimate of drug-likeness (QED) is 0.780. The van der Waals surface area contributed by atoms with Crippen LogP contribution in [0.5, 0.6) is 0 Å². The summed E-state index contributed by atoms with van der Waals surface area (Å²) >= 11 is 0. The van der Waals surface area contributed by atoms with Gasteiger partial charge in [-0.25, -0.2) is 9.37 Å². The molecule has 1 aromatic carbocycles. The highest BCUT2D eigenvalue weighted by atomic mass is 19.1. The lowest BCUT2D eigenvalue weighted by Crippen LogP contribution is -2.11. The number of anilines is 1. The van der Waals surface area contributed by atoms with Crippen molar-refractivity contribution in [3.63, 3.8) is 0 Å². The minimum absolute atomic E-state index is 0.0864. The second-order valence-electron chi connectivity index (χ2n) is 4.89. The van der Waals surface area contributed by atoms with Crippen molar-refractivity contribution >= 4 is 17.0 Å². The summed E-state index contributed by atoms with van der Waals surface area (Å²) in [5.41, 5.74) is 9.11. The number of nitrogens with zero attached hydrogens (tertiary/aromatic N) is 3. The largest absolute Gasteiger partial charge is 0.369 e. The number of halogens is 1. The molecule has 6 heteroatoms. The third kappa shape index (κ3) is 1.76. The molecular formula is C14H15FN4O. The molecule has 1 unspecified atom stereocenters. The van der Waals surface area contributed by atoms with Crippen LogP contribution in [0.1, 0.15) is 30.0 Å². The zero-order valence-corrected chi connectivity index (χ0v) is 11.5. The van der Waals surface area contributed by atoms with Gasteiger partial charge in [-0.05, 0) is 32.9 Å². The Labute approximate surface area is 115 Å². The van der Waals surface area contributed by atoms with Crippen molar-refractivity contribution in [2.75, 3.05) is 5.73 Å². The van der Waals surface area contributed by atoms with Crippen LogP contribution in [0.2, 0.25) is 0 Å². The second-order valence-corrected chi connectivity index (χ2v) is 4.89. The first-order chi connectivity index (χ1) is 9.49. The lowest BCUT2D eigenvalue weighted by molar-refractivity contribution is 0.391. The van der Waals surface area contributed by atoms with E-state index in [4.69, 9.17) is 10.3 Å². The molecule has 3 rings (SSSR count). The fraction of sp³-hybridized carbons (Fsp3) is 0.286. The minimum Gasteiger partial charge on any atom is -0.369 e. The number of aryl methyl sites for hydroxylation is 2. The molecule has 3 aromatic rings. The van der Waals surface area contributed by atoms with Crippen molar-refractivity contribution in [2.45, 2.75) is 26.8 Å². The third-order valence-electron chi connectivity index (χ3n) is 3.57. The Morgan fingerprint density at radius 1 is 1.35 bits per heavy atom. The standard InChI is InChI=1S/C14H15FN4O/c1-7-13(9(3)20-18-7)8(2)19-12-5-4-10(15)6-11(12)17-14(19)16/h4-6,8H,1-3H3,(H2,16,17). The summed E-state index contributed by atoms with van der Waals surface area (Å²) in [5, 5.41) is 3.96. The molecule has 0 spiro atoms. The summed E-state index contributed by atoms with van der Waals surface area (Å²) in [6, 6.07) is 4.38. The van der Waals surface area contributed by atoms with E-state index in [9.17, 15) is 4.39 Å². The second kappa shape index (κ2) is 4.33. The highest BCUT2D eigenvalue weighted by Crippen LogP contribution is 2.30. The average molecular weight is 274 g/mol. The Bertz CT molecular complexity index is 770. The summed E-state index contributed by atoms with van der Waals surface area (Å²) in [6.45, 7) is 5.74. The number of hydrogen-bond acceptors (Lipinski definition) is 4. The molecule has 5 nitrogen and oxygen atoms in total. The third-order valence-corrected chi connectivity index (χ3v) is 3.57. The van der Waals surface area contributed by atoms with E-state index in [2.05, 4.69) is 10.1 Å². The molecule has 0 aliphatic carbocycles. The van der Waals surface area contributed by atoms with Crippen LogP contribution in [-0.2, 0) is 0 Å². The lowest BCUT2D eigenvalue weighted by atomic mass is 10.1. The molecule has 0 aliphatic heterocycles. The lowest BCUT2D eigenvalue weighted by Gasteiger charge is -2.15. The van der Waals surface area contributed by atoms with E-state index < -0.39 is 0 Å². The molecule has 0 amide bonds. The summed E-state index contributed by atoms with van der Waals surface area (Å²) < 4.78 is 20.3. The molecule has 0 fully saturated rings. The van der Waals surface area contributed by atoms with Crippen molar-refractivity contribution in [2.24, 2.45) is 0 Å². The van der Waals surface area contributed by atoms with Crippen molar-refractivity contribution in [3.05, 3.63) is 41.0 Å². The zero-order valence-electron chi connectivity index (χ0n) is 11.5. The molecule has 1 atom stereocenters. The summed E-state index contributed by atoms with van der Waals surface area (Å²) in [5.74, 6) is 0.767. The summed E-state index contributed by atoms with van der Waals surface area (Å²) in [7, 11) is 0. The van der Waals surface area contributed by atoms with Gasteiger partial charge in [-0.15, -0.1) is 0 Å². The fourth-order valence-corrected chi connectivity index (χ4v) is 2.71. The molecule has 0 radical (unpaired) electrons. The van der Waals surface area contributed by atoms with E-state index in [1.54, 1.807) is 6.07 Å². The fourth-order valence-electron chi connectivity index (χ4n) is 2.71. The van der Waals surface area contributed by atoms with Crippen LogP contribution >= 0.6 is 0 Å². The van der Waals surface area contributed by atoms with Crippen LogP contribution in [0.3, 0.4) is 0 Å². The SMILES string of the molecule is Cc1noc(C)c1C(C)n1c(N)nc2cc(F)ccc21. The monoisotopic (exact) mass is 274 g/mol. The van der Waals surface area contributed by atoms with Crippen LogP contribution < -0.4 is 5.73 Å². The number of imidazole rings is 1. The molecule has 20 heavy (non-hydrogen) atoms. The van der Waals surface area contributed by atoms with Gasteiger partial charge in [0.05, 0.1) is 22.8 Å². The van der Waals surface area contributed by atoms with E-state index in [1.165, 1.54) is 12.1 Å². The molecule has 2 N–H and O–H groups in total. The normalized spacial score (nSPS) is 13.0. The Morgan fingerprint density at radius 3 is 2.75 bits per heavy atom. The highest BCUT2D eigenvalue weighted by molar-refractivity contribution is 5.78. The van der Waals surface area contributed by atoms with E-state index in [0.717, 1.165) is 22.5 Å². The van der Waals surface area contributed by atoms with E-state index in [-0.39, 0.29) is 11.9 Å².